The van der Waals surface area contributed by atoms with Crippen LogP contribution in [0.4, 0.5) is 0 Å². The van der Waals surface area contributed by atoms with Gasteiger partial charge in [-0.1, -0.05) is 12.6 Å². The highest BCUT2D eigenvalue weighted by Crippen LogP contribution is 2.35. The second-order valence-electron chi connectivity index (χ2n) is 6.01. The molecule has 5 nitrogen and oxygen atoms in total. The largest absolute Gasteiger partial charge is 0.491 e. The van der Waals surface area contributed by atoms with Crippen molar-refractivity contribution >= 4 is 11.8 Å². The molecule has 0 spiro atoms. The number of rotatable bonds is 3. The minimum atomic E-state index is -0.149. The standard InChI is InChI=1S/C17H20N2O3/c1-10(2)22-15-6-4-5-12-13(15)9-19(17(12)21)14-7-8-16(20)18-11(14)3/h4-6,10,14H,3,7-9H2,1-2H3,(H,18,20)/t14-/m1/s1. The maximum atomic E-state index is 12.7. The molecular formula is C17H20N2O3. The summed E-state index contributed by atoms with van der Waals surface area (Å²) < 4.78 is 5.81. The van der Waals surface area contributed by atoms with Gasteiger partial charge in [0.05, 0.1) is 18.7 Å². The molecule has 5 heteroatoms. The fourth-order valence-corrected chi connectivity index (χ4v) is 3.05. The van der Waals surface area contributed by atoms with Crippen LogP contribution in [-0.4, -0.2) is 28.9 Å². The predicted octanol–water partition coefficient (Wildman–Crippen LogP) is 2.22. The van der Waals surface area contributed by atoms with Gasteiger partial charge in [-0.2, -0.15) is 0 Å². The molecule has 22 heavy (non-hydrogen) atoms. The monoisotopic (exact) mass is 300 g/mol. The first kappa shape index (κ1) is 14.6. The Morgan fingerprint density at radius 1 is 1.36 bits per heavy atom. The summed E-state index contributed by atoms with van der Waals surface area (Å²) >= 11 is 0. The summed E-state index contributed by atoms with van der Waals surface area (Å²) in [5.41, 5.74) is 2.21. The van der Waals surface area contributed by atoms with Gasteiger partial charge in [0.15, 0.2) is 0 Å². The fraction of sp³-hybridized carbons (Fsp3) is 0.412. The molecule has 116 valence electrons. The number of amides is 2. The SMILES string of the molecule is C=C1NC(=O)CC[C@H]1N1Cc2c(OC(C)C)cccc2C1=O. The van der Waals surface area contributed by atoms with E-state index in [1.807, 2.05) is 32.0 Å². The first-order valence-corrected chi connectivity index (χ1v) is 7.55. The summed E-state index contributed by atoms with van der Waals surface area (Å²) in [6.07, 6.45) is 1.09. The number of nitrogens with one attached hydrogen (secondary N) is 1. The van der Waals surface area contributed by atoms with Crippen LogP contribution >= 0.6 is 0 Å². The van der Waals surface area contributed by atoms with Crippen molar-refractivity contribution in [3.05, 3.63) is 41.6 Å². The average Bonchev–Trinajstić information content (AvgIpc) is 2.77. The van der Waals surface area contributed by atoms with Crippen molar-refractivity contribution in [1.29, 1.82) is 0 Å². The molecule has 0 aromatic heterocycles. The van der Waals surface area contributed by atoms with Crippen LogP contribution in [0.2, 0.25) is 0 Å². The summed E-state index contributed by atoms with van der Waals surface area (Å²) in [6.45, 7) is 8.33. The van der Waals surface area contributed by atoms with E-state index in [1.54, 1.807) is 4.90 Å². The van der Waals surface area contributed by atoms with Crippen molar-refractivity contribution in [1.82, 2.24) is 10.2 Å². The van der Waals surface area contributed by atoms with Crippen molar-refractivity contribution in [2.75, 3.05) is 0 Å². The molecule has 2 aliphatic heterocycles. The summed E-state index contributed by atoms with van der Waals surface area (Å²) in [5, 5.41) is 2.74. The Bertz CT molecular complexity index is 651. The lowest BCUT2D eigenvalue weighted by Gasteiger charge is -2.32. The number of fused-ring (bicyclic) bond motifs is 1. The molecule has 0 bridgehead atoms. The zero-order valence-electron chi connectivity index (χ0n) is 12.9. The van der Waals surface area contributed by atoms with Gasteiger partial charge in [0, 0.05) is 23.2 Å². The van der Waals surface area contributed by atoms with Crippen molar-refractivity contribution in [2.45, 2.75) is 45.4 Å². The van der Waals surface area contributed by atoms with Gasteiger partial charge in [-0.3, -0.25) is 9.59 Å². The van der Waals surface area contributed by atoms with Gasteiger partial charge in [-0.05, 0) is 32.4 Å². The number of ether oxygens (including phenoxy) is 1. The predicted molar refractivity (Wildman–Crippen MR) is 82.4 cm³/mol. The Labute approximate surface area is 129 Å². The zero-order chi connectivity index (χ0) is 15.9. The van der Waals surface area contributed by atoms with E-state index >= 15 is 0 Å². The lowest BCUT2D eigenvalue weighted by atomic mass is 10.0. The Hall–Kier alpha value is -2.30. The molecule has 2 heterocycles. The molecule has 2 aliphatic rings. The number of hydrogen-bond acceptors (Lipinski definition) is 3. The molecule has 1 saturated heterocycles. The summed E-state index contributed by atoms with van der Waals surface area (Å²) in [7, 11) is 0. The smallest absolute Gasteiger partial charge is 0.255 e. The first-order valence-electron chi connectivity index (χ1n) is 7.55. The molecule has 3 rings (SSSR count). The Kier molecular flexibility index (Phi) is 3.64. The molecule has 1 N–H and O–H groups in total. The van der Waals surface area contributed by atoms with Crippen molar-refractivity contribution < 1.29 is 14.3 Å². The zero-order valence-corrected chi connectivity index (χ0v) is 12.9. The van der Waals surface area contributed by atoms with Gasteiger partial charge < -0.3 is 15.0 Å². The summed E-state index contributed by atoms with van der Waals surface area (Å²) in [5.74, 6) is 0.703. The maximum absolute atomic E-state index is 12.7. The van der Waals surface area contributed by atoms with Crippen molar-refractivity contribution in [2.24, 2.45) is 0 Å². The highest BCUT2D eigenvalue weighted by molar-refractivity contribution is 5.99. The fourth-order valence-electron chi connectivity index (χ4n) is 3.05. The summed E-state index contributed by atoms with van der Waals surface area (Å²) in [6, 6.07) is 5.42. The summed E-state index contributed by atoms with van der Waals surface area (Å²) in [4.78, 5) is 25.9. The van der Waals surface area contributed by atoms with E-state index in [0.717, 1.165) is 11.3 Å². The Morgan fingerprint density at radius 2 is 2.14 bits per heavy atom. The molecule has 0 unspecified atom stereocenters. The molecule has 1 aromatic rings. The minimum Gasteiger partial charge on any atom is -0.491 e. The number of hydrogen-bond donors (Lipinski definition) is 1. The van der Waals surface area contributed by atoms with E-state index in [1.165, 1.54) is 0 Å². The second-order valence-corrected chi connectivity index (χ2v) is 6.01. The van der Waals surface area contributed by atoms with Crippen molar-refractivity contribution in [3.8, 4) is 5.75 Å². The highest BCUT2D eigenvalue weighted by atomic mass is 16.5. The third-order valence-corrected chi connectivity index (χ3v) is 4.04. The van der Waals surface area contributed by atoms with Gasteiger partial charge in [0.25, 0.3) is 5.91 Å². The van der Waals surface area contributed by atoms with Crippen LogP contribution in [0.25, 0.3) is 0 Å². The van der Waals surface area contributed by atoms with E-state index < -0.39 is 0 Å². The molecule has 1 fully saturated rings. The van der Waals surface area contributed by atoms with Gasteiger partial charge in [-0.15, -0.1) is 0 Å². The number of carbonyl (C=O) groups is 2. The van der Waals surface area contributed by atoms with Crippen molar-refractivity contribution in [3.63, 3.8) is 0 Å². The average molecular weight is 300 g/mol. The number of piperidine rings is 1. The lowest BCUT2D eigenvalue weighted by Crippen LogP contribution is -2.45. The normalized spacial score (nSPS) is 21.1. The van der Waals surface area contributed by atoms with Gasteiger partial charge in [0.1, 0.15) is 5.75 Å². The maximum Gasteiger partial charge on any atom is 0.255 e. The minimum absolute atomic E-state index is 0.0218. The molecule has 0 saturated carbocycles. The van der Waals surface area contributed by atoms with E-state index in [9.17, 15) is 9.59 Å². The molecule has 1 aromatic carbocycles. The lowest BCUT2D eigenvalue weighted by molar-refractivity contribution is -0.121. The number of nitrogens with zero attached hydrogens (tertiary/aromatic N) is 1. The third-order valence-electron chi connectivity index (χ3n) is 4.04. The van der Waals surface area contributed by atoms with Crippen LogP contribution in [0.5, 0.6) is 5.75 Å². The van der Waals surface area contributed by atoms with Crippen LogP contribution in [0.3, 0.4) is 0 Å². The Balaban J connectivity index is 1.88. The van der Waals surface area contributed by atoms with Gasteiger partial charge in [-0.25, -0.2) is 0 Å². The number of benzene rings is 1. The van der Waals surface area contributed by atoms with Crippen LogP contribution in [0.15, 0.2) is 30.5 Å². The van der Waals surface area contributed by atoms with E-state index in [-0.39, 0.29) is 24.0 Å². The van der Waals surface area contributed by atoms with E-state index in [2.05, 4.69) is 11.9 Å². The van der Waals surface area contributed by atoms with Crippen LogP contribution in [0, 0.1) is 0 Å². The third kappa shape index (κ3) is 2.47. The van der Waals surface area contributed by atoms with E-state index in [4.69, 9.17) is 4.74 Å². The topological polar surface area (TPSA) is 58.6 Å². The molecular weight excluding hydrogens is 280 g/mol. The van der Waals surface area contributed by atoms with Gasteiger partial charge in [0.2, 0.25) is 5.91 Å². The highest BCUT2D eigenvalue weighted by Gasteiger charge is 2.37. The molecule has 0 aliphatic carbocycles. The first-order chi connectivity index (χ1) is 10.5. The van der Waals surface area contributed by atoms with Crippen LogP contribution < -0.4 is 10.1 Å². The second kappa shape index (κ2) is 5.48. The van der Waals surface area contributed by atoms with E-state index in [0.29, 0.717) is 30.6 Å². The van der Waals surface area contributed by atoms with Crippen LogP contribution in [-0.2, 0) is 11.3 Å². The molecule has 2 amide bonds. The Morgan fingerprint density at radius 3 is 2.82 bits per heavy atom. The quantitative estimate of drug-likeness (QED) is 0.931. The molecule has 0 radical (unpaired) electrons. The van der Waals surface area contributed by atoms with Crippen LogP contribution in [0.1, 0.15) is 42.6 Å². The number of carbonyl (C=O) groups excluding carboxylic acids is 2. The molecule has 1 atom stereocenters. The van der Waals surface area contributed by atoms with Gasteiger partial charge >= 0.3 is 0 Å².